The molecule has 0 radical (unpaired) electrons. The quantitative estimate of drug-likeness (QED) is 0.579. The smallest absolute Gasteiger partial charge is 0.330 e. The summed E-state index contributed by atoms with van der Waals surface area (Å²) in [5.41, 5.74) is 1.22. The lowest BCUT2D eigenvalue weighted by Crippen LogP contribution is -2.49. The molecule has 0 spiro atoms. The van der Waals surface area contributed by atoms with Crippen LogP contribution in [0.25, 0.3) is 11.1 Å². The third-order valence-electron chi connectivity index (χ3n) is 7.64. The van der Waals surface area contributed by atoms with E-state index in [0.717, 1.165) is 48.7 Å². The van der Waals surface area contributed by atoms with Crippen molar-refractivity contribution in [3.8, 4) is 11.1 Å². The molecule has 0 saturated heterocycles. The summed E-state index contributed by atoms with van der Waals surface area (Å²) in [5, 5.41) is 12.7. The van der Waals surface area contributed by atoms with Crippen molar-refractivity contribution in [2.45, 2.75) is 78.7 Å². The second-order valence-corrected chi connectivity index (χ2v) is 11.5. The second-order valence-electron chi connectivity index (χ2n) is 11.5. The van der Waals surface area contributed by atoms with E-state index in [2.05, 4.69) is 26.1 Å². The fourth-order valence-electron chi connectivity index (χ4n) is 5.09. The number of hydrogen-bond donors (Lipinski definition) is 2. The van der Waals surface area contributed by atoms with Gasteiger partial charge in [0.1, 0.15) is 6.04 Å². The second kappa shape index (κ2) is 10.4. The SMILES string of the molecule is Cc1c(-c2ccc(C[C@H](NC(=O)C3(CCC(C)(C)C)CCCC3)C(=O)O)cc2)c(=O)n(C)c(=O)n1C. The Bertz CT molecular complexity index is 1240. The predicted molar refractivity (Wildman–Crippen MR) is 140 cm³/mol. The van der Waals surface area contributed by atoms with Crippen LogP contribution in [0.1, 0.15) is 70.6 Å². The molecule has 0 aliphatic heterocycles. The van der Waals surface area contributed by atoms with Gasteiger partial charge in [-0.3, -0.25) is 14.2 Å². The molecule has 0 unspecified atom stereocenters. The first kappa shape index (κ1) is 27.4. The van der Waals surface area contributed by atoms with Crippen molar-refractivity contribution < 1.29 is 14.7 Å². The Balaban J connectivity index is 1.80. The van der Waals surface area contributed by atoms with Crippen LogP contribution in [-0.2, 0) is 30.1 Å². The zero-order valence-electron chi connectivity index (χ0n) is 22.3. The zero-order valence-corrected chi connectivity index (χ0v) is 22.3. The third-order valence-corrected chi connectivity index (χ3v) is 7.64. The molecule has 8 heteroatoms. The summed E-state index contributed by atoms with van der Waals surface area (Å²) in [7, 11) is 3.06. The molecule has 1 aromatic carbocycles. The third kappa shape index (κ3) is 5.79. The summed E-state index contributed by atoms with van der Waals surface area (Å²) in [6.45, 7) is 8.19. The highest BCUT2D eigenvalue weighted by Gasteiger charge is 2.42. The van der Waals surface area contributed by atoms with Gasteiger partial charge in [0, 0.05) is 31.6 Å². The molecule has 1 aliphatic carbocycles. The molecule has 1 heterocycles. The molecule has 36 heavy (non-hydrogen) atoms. The number of carboxylic acids is 1. The van der Waals surface area contributed by atoms with E-state index in [1.165, 1.54) is 11.6 Å². The Morgan fingerprint density at radius 1 is 1.06 bits per heavy atom. The molecule has 8 nitrogen and oxygen atoms in total. The van der Waals surface area contributed by atoms with Crippen LogP contribution in [0, 0.1) is 17.8 Å². The highest BCUT2D eigenvalue weighted by Crippen LogP contribution is 2.44. The molecule has 3 rings (SSSR count). The van der Waals surface area contributed by atoms with Crippen LogP contribution in [-0.4, -0.2) is 32.2 Å². The largest absolute Gasteiger partial charge is 0.480 e. The molecular weight excluding hydrogens is 458 g/mol. The van der Waals surface area contributed by atoms with Crippen molar-refractivity contribution in [1.82, 2.24) is 14.5 Å². The van der Waals surface area contributed by atoms with Crippen LogP contribution in [0.4, 0.5) is 0 Å². The molecule has 1 amide bonds. The molecule has 2 aromatic rings. The summed E-state index contributed by atoms with van der Waals surface area (Å²) in [5.74, 6) is -1.23. The fourth-order valence-corrected chi connectivity index (χ4v) is 5.09. The summed E-state index contributed by atoms with van der Waals surface area (Å²) < 4.78 is 2.50. The summed E-state index contributed by atoms with van der Waals surface area (Å²) in [6, 6.07) is 6.01. The molecule has 1 aromatic heterocycles. The average Bonchev–Trinajstić information content (AvgIpc) is 3.31. The van der Waals surface area contributed by atoms with Crippen LogP contribution in [0.3, 0.4) is 0 Å². The van der Waals surface area contributed by atoms with Gasteiger partial charge in [0.15, 0.2) is 0 Å². The maximum absolute atomic E-state index is 13.4. The van der Waals surface area contributed by atoms with Crippen molar-refractivity contribution in [3.63, 3.8) is 0 Å². The van der Waals surface area contributed by atoms with Crippen LogP contribution >= 0.6 is 0 Å². The first-order chi connectivity index (χ1) is 16.8. The molecule has 1 atom stereocenters. The van der Waals surface area contributed by atoms with Crippen LogP contribution in [0.2, 0.25) is 0 Å². The first-order valence-electron chi connectivity index (χ1n) is 12.7. The minimum Gasteiger partial charge on any atom is -0.480 e. The van der Waals surface area contributed by atoms with Gasteiger partial charge < -0.3 is 15.0 Å². The normalized spacial score (nSPS) is 16.1. The maximum Gasteiger partial charge on any atom is 0.330 e. The molecule has 196 valence electrons. The van der Waals surface area contributed by atoms with Gasteiger partial charge in [0.25, 0.3) is 5.56 Å². The minimum absolute atomic E-state index is 0.105. The maximum atomic E-state index is 13.4. The van der Waals surface area contributed by atoms with Gasteiger partial charge in [-0.1, -0.05) is 57.9 Å². The Morgan fingerprint density at radius 2 is 1.64 bits per heavy atom. The van der Waals surface area contributed by atoms with Gasteiger partial charge in [-0.15, -0.1) is 0 Å². The molecule has 0 bridgehead atoms. The molecular formula is C28H39N3O5. The van der Waals surface area contributed by atoms with Crippen LogP contribution < -0.4 is 16.6 Å². The number of rotatable bonds is 8. The number of carbonyl (C=O) groups excluding carboxylic acids is 1. The number of amides is 1. The van der Waals surface area contributed by atoms with Crippen molar-refractivity contribution in [2.24, 2.45) is 24.9 Å². The van der Waals surface area contributed by atoms with Gasteiger partial charge in [-0.25, -0.2) is 9.59 Å². The van der Waals surface area contributed by atoms with Gasteiger partial charge in [-0.2, -0.15) is 0 Å². The van der Waals surface area contributed by atoms with Crippen molar-refractivity contribution in [1.29, 1.82) is 0 Å². The summed E-state index contributed by atoms with van der Waals surface area (Å²) in [4.78, 5) is 50.3. The molecule has 1 fully saturated rings. The Labute approximate surface area is 212 Å². The lowest BCUT2D eigenvalue weighted by Gasteiger charge is -2.32. The summed E-state index contributed by atoms with van der Waals surface area (Å²) in [6.07, 6.45) is 5.37. The number of carbonyl (C=O) groups is 2. The average molecular weight is 498 g/mol. The van der Waals surface area contributed by atoms with Crippen molar-refractivity contribution in [3.05, 3.63) is 56.4 Å². The standard InChI is InChI=1S/C28H39N3O5/c1-18-22(23(32)31(6)26(36)30(18)5)20-11-9-19(10-12-20)17-21(24(33)34)29-25(35)28(13-7-8-14-28)16-15-27(2,3)4/h9-12,21H,7-8,13-17H2,1-6H3,(H,29,35)(H,33,34)/t21-/m0/s1. The number of aromatic nitrogens is 2. The lowest BCUT2D eigenvalue weighted by molar-refractivity contribution is -0.144. The van der Waals surface area contributed by atoms with Gasteiger partial charge in [0.05, 0.1) is 5.56 Å². The number of carboxylic acid groups (broad SMARTS) is 1. The van der Waals surface area contributed by atoms with Crippen molar-refractivity contribution >= 4 is 11.9 Å². The Hall–Kier alpha value is -3.16. The molecule has 1 aliphatic rings. The van der Waals surface area contributed by atoms with E-state index < -0.39 is 17.4 Å². The van der Waals surface area contributed by atoms with E-state index in [0.29, 0.717) is 16.8 Å². The van der Waals surface area contributed by atoms with E-state index in [-0.39, 0.29) is 29.0 Å². The Morgan fingerprint density at radius 3 is 2.17 bits per heavy atom. The number of nitrogens with zero attached hydrogens (tertiary/aromatic N) is 2. The number of nitrogens with one attached hydrogen (secondary N) is 1. The number of aliphatic carboxylic acids is 1. The topological polar surface area (TPSA) is 110 Å². The van der Waals surface area contributed by atoms with E-state index in [4.69, 9.17) is 0 Å². The zero-order chi connectivity index (χ0) is 26.8. The highest BCUT2D eigenvalue weighted by atomic mass is 16.4. The van der Waals surface area contributed by atoms with Gasteiger partial charge in [-0.05, 0) is 49.1 Å². The predicted octanol–water partition coefficient (Wildman–Crippen LogP) is 3.56. The Kier molecular flexibility index (Phi) is 7.96. The van der Waals surface area contributed by atoms with Crippen LogP contribution in [0.15, 0.2) is 33.9 Å². The number of benzene rings is 1. The van der Waals surface area contributed by atoms with Gasteiger partial charge in [0.2, 0.25) is 5.91 Å². The fraction of sp³-hybridized carbons (Fsp3) is 0.571. The molecule has 2 N–H and O–H groups in total. The van der Waals surface area contributed by atoms with Crippen molar-refractivity contribution in [2.75, 3.05) is 0 Å². The van der Waals surface area contributed by atoms with E-state index >= 15 is 0 Å². The van der Waals surface area contributed by atoms with Crippen LogP contribution in [0.5, 0.6) is 0 Å². The van der Waals surface area contributed by atoms with E-state index in [1.807, 2.05) is 0 Å². The summed E-state index contributed by atoms with van der Waals surface area (Å²) >= 11 is 0. The van der Waals surface area contributed by atoms with E-state index in [1.54, 1.807) is 38.2 Å². The van der Waals surface area contributed by atoms with E-state index in [9.17, 15) is 24.3 Å². The monoisotopic (exact) mass is 497 g/mol. The van der Waals surface area contributed by atoms with Gasteiger partial charge >= 0.3 is 11.7 Å². The molecule has 1 saturated carbocycles. The minimum atomic E-state index is -1.07. The highest BCUT2D eigenvalue weighted by molar-refractivity contribution is 5.87. The lowest BCUT2D eigenvalue weighted by atomic mass is 9.75. The number of hydrogen-bond acceptors (Lipinski definition) is 4. The first-order valence-corrected chi connectivity index (χ1v) is 12.7.